The molecule has 1 rings (SSSR count). The minimum atomic E-state index is -3.66. The van der Waals surface area contributed by atoms with Gasteiger partial charge in [-0.15, -0.1) is 0 Å². The second-order valence-corrected chi connectivity index (χ2v) is 7.59. The van der Waals surface area contributed by atoms with Crippen molar-refractivity contribution >= 4 is 21.6 Å². The molecule has 0 radical (unpaired) electrons. The number of nitrogens with zero attached hydrogens (tertiary/aromatic N) is 2. The van der Waals surface area contributed by atoms with Crippen LogP contribution in [0.15, 0.2) is 23.1 Å². The summed E-state index contributed by atoms with van der Waals surface area (Å²) in [7, 11) is -3.66. The lowest BCUT2D eigenvalue weighted by Gasteiger charge is -2.27. The molecular formula is C14H19ClN2O2S. The van der Waals surface area contributed by atoms with E-state index in [0.29, 0.717) is 12.1 Å². The Kier molecular flexibility index (Phi) is 5.58. The van der Waals surface area contributed by atoms with E-state index in [0.717, 1.165) is 0 Å². The van der Waals surface area contributed by atoms with Crippen LogP contribution in [0.2, 0.25) is 5.02 Å². The molecule has 20 heavy (non-hydrogen) atoms. The number of benzene rings is 1. The number of hydrogen-bond acceptors (Lipinski definition) is 3. The summed E-state index contributed by atoms with van der Waals surface area (Å²) in [5.41, 5.74) is 0.342. The summed E-state index contributed by atoms with van der Waals surface area (Å²) in [5.74, 6) is 0.212. The van der Waals surface area contributed by atoms with Crippen LogP contribution in [0.5, 0.6) is 0 Å². The summed E-state index contributed by atoms with van der Waals surface area (Å²) in [6.45, 7) is 8.02. The van der Waals surface area contributed by atoms with Gasteiger partial charge >= 0.3 is 0 Å². The fraction of sp³-hybridized carbons (Fsp3) is 0.500. The van der Waals surface area contributed by atoms with Crippen LogP contribution in [0.4, 0.5) is 0 Å². The van der Waals surface area contributed by atoms with E-state index in [9.17, 15) is 8.42 Å². The molecule has 0 atom stereocenters. The highest BCUT2D eigenvalue weighted by Gasteiger charge is 2.29. The van der Waals surface area contributed by atoms with Gasteiger partial charge in [-0.2, -0.15) is 9.57 Å². The highest BCUT2D eigenvalue weighted by atomic mass is 35.5. The molecule has 0 fully saturated rings. The quantitative estimate of drug-likeness (QED) is 0.838. The van der Waals surface area contributed by atoms with Crippen molar-refractivity contribution in [3.63, 3.8) is 0 Å². The van der Waals surface area contributed by atoms with Gasteiger partial charge in [0.25, 0.3) is 0 Å². The van der Waals surface area contributed by atoms with Gasteiger partial charge < -0.3 is 0 Å². The van der Waals surface area contributed by atoms with Crippen molar-refractivity contribution < 1.29 is 8.42 Å². The van der Waals surface area contributed by atoms with Gasteiger partial charge in [-0.25, -0.2) is 8.42 Å². The Hall–Kier alpha value is -1.09. The van der Waals surface area contributed by atoms with Gasteiger partial charge in [0, 0.05) is 12.6 Å². The third kappa shape index (κ3) is 3.72. The highest BCUT2D eigenvalue weighted by Crippen LogP contribution is 2.27. The summed E-state index contributed by atoms with van der Waals surface area (Å²) < 4.78 is 26.8. The first-order chi connectivity index (χ1) is 9.20. The maximum atomic E-state index is 12.7. The Morgan fingerprint density at radius 2 is 1.90 bits per heavy atom. The predicted molar refractivity (Wildman–Crippen MR) is 80.0 cm³/mol. The minimum absolute atomic E-state index is 0.0486. The van der Waals surface area contributed by atoms with Crippen molar-refractivity contribution in [3.8, 4) is 6.07 Å². The lowest BCUT2D eigenvalue weighted by molar-refractivity contribution is 0.319. The molecule has 0 aliphatic carbocycles. The Morgan fingerprint density at radius 3 is 2.30 bits per heavy atom. The van der Waals surface area contributed by atoms with Gasteiger partial charge in [0.15, 0.2) is 0 Å². The highest BCUT2D eigenvalue weighted by molar-refractivity contribution is 7.89. The van der Waals surface area contributed by atoms with Crippen molar-refractivity contribution in [3.05, 3.63) is 28.8 Å². The maximum Gasteiger partial charge on any atom is 0.244 e. The lowest BCUT2D eigenvalue weighted by Crippen LogP contribution is -2.39. The van der Waals surface area contributed by atoms with E-state index in [-0.39, 0.29) is 21.9 Å². The van der Waals surface area contributed by atoms with Crippen LogP contribution in [0, 0.1) is 17.2 Å². The second-order valence-electron chi connectivity index (χ2n) is 5.32. The predicted octanol–water partition coefficient (Wildman–Crippen LogP) is 3.27. The molecule has 0 saturated carbocycles. The molecule has 1 aromatic rings. The molecule has 0 amide bonds. The molecule has 0 bridgehead atoms. The van der Waals surface area contributed by atoms with Crippen molar-refractivity contribution in [1.82, 2.24) is 4.31 Å². The summed E-state index contributed by atoms with van der Waals surface area (Å²) in [6.07, 6.45) is 0. The molecule has 1 aromatic carbocycles. The molecule has 0 N–H and O–H groups in total. The number of sulfonamides is 1. The first-order valence-electron chi connectivity index (χ1n) is 6.41. The van der Waals surface area contributed by atoms with E-state index in [4.69, 9.17) is 16.9 Å². The van der Waals surface area contributed by atoms with Crippen LogP contribution in [-0.4, -0.2) is 25.3 Å². The molecule has 6 heteroatoms. The third-order valence-electron chi connectivity index (χ3n) is 2.77. The van der Waals surface area contributed by atoms with Crippen molar-refractivity contribution in [1.29, 1.82) is 5.26 Å². The molecule has 0 heterocycles. The topological polar surface area (TPSA) is 61.2 Å². The van der Waals surface area contributed by atoms with E-state index in [2.05, 4.69) is 0 Å². The number of nitriles is 1. The zero-order valence-corrected chi connectivity index (χ0v) is 13.7. The molecule has 0 unspecified atom stereocenters. The molecule has 0 spiro atoms. The van der Waals surface area contributed by atoms with Gasteiger partial charge in [-0.1, -0.05) is 25.4 Å². The first-order valence-corrected chi connectivity index (χ1v) is 8.23. The molecule has 110 valence electrons. The smallest absolute Gasteiger partial charge is 0.207 e. The summed E-state index contributed by atoms with van der Waals surface area (Å²) in [5, 5.41) is 8.89. The van der Waals surface area contributed by atoms with E-state index in [1.54, 1.807) is 0 Å². The van der Waals surface area contributed by atoms with Crippen LogP contribution in [0.1, 0.15) is 33.3 Å². The standard InChI is InChI=1S/C14H19ClN2O2S/c1-10(2)9-17(11(3)4)20(18,19)14-6-5-12(8-16)7-13(14)15/h5-7,10-11H,9H2,1-4H3. The first kappa shape index (κ1) is 17.0. The van der Waals surface area contributed by atoms with E-state index >= 15 is 0 Å². The van der Waals surface area contributed by atoms with Crippen LogP contribution < -0.4 is 0 Å². The van der Waals surface area contributed by atoms with E-state index in [1.807, 2.05) is 33.8 Å². The summed E-state index contributed by atoms with van der Waals surface area (Å²) in [4.78, 5) is 0.0486. The van der Waals surface area contributed by atoms with Crippen LogP contribution in [0.25, 0.3) is 0 Å². The van der Waals surface area contributed by atoms with Gasteiger partial charge in [0.1, 0.15) is 4.90 Å². The van der Waals surface area contributed by atoms with Gasteiger partial charge in [0.2, 0.25) is 10.0 Å². The molecule has 0 saturated heterocycles. The van der Waals surface area contributed by atoms with Gasteiger partial charge in [-0.3, -0.25) is 0 Å². The molecule has 4 nitrogen and oxygen atoms in total. The Bertz CT molecular complexity index is 619. The van der Waals surface area contributed by atoms with Gasteiger partial charge in [0.05, 0.1) is 16.7 Å². The third-order valence-corrected chi connectivity index (χ3v) is 5.29. The number of hydrogen-bond donors (Lipinski definition) is 0. The monoisotopic (exact) mass is 314 g/mol. The maximum absolute atomic E-state index is 12.7. The fourth-order valence-corrected chi connectivity index (χ4v) is 4.17. The van der Waals surface area contributed by atoms with Crippen LogP contribution in [-0.2, 0) is 10.0 Å². The Morgan fingerprint density at radius 1 is 1.30 bits per heavy atom. The Labute approximate surface area is 126 Å². The zero-order chi connectivity index (χ0) is 15.5. The van der Waals surface area contributed by atoms with Crippen LogP contribution in [0.3, 0.4) is 0 Å². The van der Waals surface area contributed by atoms with Crippen LogP contribution >= 0.6 is 11.6 Å². The Balaban J connectivity index is 3.30. The van der Waals surface area contributed by atoms with Gasteiger partial charge in [-0.05, 0) is 38.0 Å². The summed E-state index contributed by atoms with van der Waals surface area (Å²) in [6, 6.07) is 6.02. The SMILES string of the molecule is CC(C)CN(C(C)C)S(=O)(=O)c1ccc(C#N)cc1Cl. The number of halogens is 1. The minimum Gasteiger partial charge on any atom is -0.207 e. The molecule has 0 aromatic heterocycles. The van der Waals surface area contributed by atoms with Crippen molar-refractivity contribution in [2.75, 3.05) is 6.54 Å². The number of rotatable bonds is 5. The van der Waals surface area contributed by atoms with Crippen molar-refractivity contribution in [2.24, 2.45) is 5.92 Å². The van der Waals surface area contributed by atoms with E-state index in [1.165, 1.54) is 22.5 Å². The molecular weight excluding hydrogens is 296 g/mol. The average Bonchev–Trinajstić information content (AvgIpc) is 2.34. The lowest BCUT2D eigenvalue weighted by atomic mass is 10.2. The average molecular weight is 315 g/mol. The van der Waals surface area contributed by atoms with E-state index < -0.39 is 10.0 Å². The fourth-order valence-electron chi connectivity index (χ4n) is 1.85. The largest absolute Gasteiger partial charge is 0.244 e. The molecule has 0 aliphatic heterocycles. The zero-order valence-electron chi connectivity index (χ0n) is 12.1. The normalized spacial score (nSPS) is 12.2. The molecule has 0 aliphatic rings. The second kappa shape index (κ2) is 6.57. The van der Waals surface area contributed by atoms with Crippen molar-refractivity contribution in [2.45, 2.75) is 38.6 Å². The summed E-state index contributed by atoms with van der Waals surface area (Å²) >= 11 is 6.02.